The number of hydrogen-bond acceptors (Lipinski definition) is 5. The van der Waals surface area contributed by atoms with Crippen LogP contribution in [0.3, 0.4) is 0 Å². The van der Waals surface area contributed by atoms with Crippen molar-refractivity contribution in [2.24, 2.45) is 5.73 Å². The summed E-state index contributed by atoms with van der Waals surface area (Å²) in [6, 6.07) is 8.30. The van der Waals surface area contributed by atoms with Gasteiger partial charge in [0.05, 0.1) is 26.3 Å². The molecule has 0 aliphatic carbocycles. The van der Waals surface area contributed by atoms with Gasteiger partial charge in [0.25, 0.3) is 5.56 Å². The lowest BCUT2D eigenvalue weighted by molar-refractivity contribution is 0.378. The highest BCUT2D eigenvalue weighted by molar-refractivity contribution is 7.80. The van der Waals surface area contributed by atoms with E-state index in [4.69, 9.17) is 27.4 Å². The van der Waals surface area contributed by atoms with Gasteiger partial charge in [-0.05, 0) is 17.7 Å². The molecule has 2 rings (SSSR count). The van der Waals surface area contributed by atoms with Crippen LogP contribution in [0.4, 0.5) is 0 Å². The van der Waals surface area contributed by atoms with Gasteiger partial charge in [-0.2, -0.15) is 0 Å². The van der Waals surface area contributed by atoms with E-state index < -0.39 is 0 Å². The van der Waals surface area contributed by atoms with Gasteiger partial charge in [0.1, 0.15) is 10.7 Å². The summed E-state index contributed by atoms with van der Waals surface area (Å²) in [5.41, 5.74) is 6.92. The summed E-state index contributed by atoms with van der Waals surface area (Å²) in [6.45, 7) is 0.287. The normalized spacial score (nSPS) is 10.2. The van der Waals surface area contributed by atoms with Gasteiger partial charge in [0.2, 0.25) is 5.88 Å². The SMILES string of the molecule is COc1ccc(=O)n(Cc2ccc(OC)c(C(N)=S)c2)n1. The monoisotopic (exact) mass is 305 g/mol. The Morgan fingerprint density at radius 2 is 2.05 bits per heavy atom. The zero-order valence-electron chi connectivity index (χ0n) is 11.7. The average Bonchev–Trinajstić information content (AvgIpc) is 2.49. The van der Waals surface area contributed by atoms with Crippen molar-refractivity contribution in [2.75, 3.05) is 14.2 Å². The minimum atomic E-state index is -0.219. The highest BCUT2D eigenvalue weighted by Crippen LogP contribution is 2.20. The van der Waals surface area contributed by atoms with Crippen LogP contribution in [-0.2, 0) is 6.54 Å². The van der Waals surface area contributed by atoms with Crippen molar-refractivity contribution in [1.29, 1.82) is 0 Å². The summed E-state index contributed by atoms with van der Waals surface area (Å²) in [7, 11) is 3.04. The van der Waals surface area contributed by atoms with Gasteiger partial charge in [-0.1, -0.05) is 18.3 Å². The second-order valence-electron chi connectivity index (χ2n) is 4.27. The number of rotatable bonds is 5. The molecule has 0 saturated carbocycles. The first-order chi connectivity index (χ1) is 10.0. The molecule has 2 aromatic rings. The summed E-state index contributed by atoms with van der Waals surface area (Å²) in [5.74, 6) is 0.967. The van der Waals surface area contributed by atoms with Crippen LogP contribution in [-0.4, -0.2) is 29.0 Å². The molecule has 0 aliphatic heterocycles. The van der Waals surface area contributed by atoms with Crippen LogP contribution in [0, 0.1) is 0 Å². The summed E-state index contributed by atoms with van der Waals surface area (Å²) in [6.07, 6.45) is 0. The molecule has 0 fully saturated rings. The maximum absolute atomic E-state index is 11.8. The lowest BCUT2D eigenvalue weighted by Crippen LogP contribution is -2.23. The lowest BCUT2D eigenvalue weighted by Gasteiger charge is -2.10. The summed E-state index contributed by atoms with van der Waals surface area (Å²) >= 11 is 5.00. The van der Waals surface area contributed by atoms with Crippen molar-refractivity contribution in [1.82, 2.24) is 9.78 Å². The van der Waals surface area contributed by atoms with Crippen molar-refractivity contribution in [3.05, 3.63) is 51.8 Å². The Balaban J connectivity index is 2.38. The van der Waals surface area contributed by atoms with Crippen molar-refractivity contribution in [3.63, 3.8) is 0 Å². The molecular formula is C14H15N3O3S. The van der Waals surface area contributed by atoms with Crippen molar-refractivity contribution >= 4 is 17.2 Å². The summed E-state index contributed by atoms with van der Waals surface area (Å²) in [5, 5.41) is 4.09. The molecule has 0 aliphatic rings. The summed E-state index contributed by atoms with van der Waals surface area (Å²) < 4.78 is 11.5. The van der Waals surface area contributed by atoms with Gasteiger partial charge >= 0.3 is 0 Å². The van der Waals surface area contributed by atoms with Gasteiger partial charge in [0, 0.05) is 12.1 Å². The number of thiocarbonyl (C=S) groups is 1. The Bertz CT molecular complexity index is 728. The summed E-state index contributed by atoms with van der Waals surface area (Å²) in [4.78, 5) is 12.0. The second-order valence-corrected chi connectivity index (χ2v) is 4.71. The molecule has 0 spiro atoms. The van der Waals surface area contributed by atoms with E-state index in [-0.39, 0.29) is 17.1 Å². The van der Waals surface area contributed by atoms with Gasteiger partial charge in [-0.25, -0.2) is 4.68 Å². The van der Waals surface area contributed by atoms with Crippen LogP contribution in [0.2, 0.25) is 0 Å². The molecule has 0 bridgehead atoms. The van der Waals surface area contributed by atoms with Gasteiger partial charge in [-0.15, -0.1) is 5.10 Å². The van der Waals surface area contributed by atoms with Crippen LogP contribution in [0.1, 0.15) is 11.1 Å². The fraction of sp³-hybridized carbons (Fsp3) is 0.214. The van der Waals surface area contributed by atoms with Crippen LogP contribution in [0.25, 0.3) is 0 Å². The molecule has 1 aromatic heterocycles. The predicted molar refractivity (Wildman–Crippen MR) is 83.0 cm³/mol. The fourth-order valence-electron chi connectivity index (χ4n) is 1.87. The smallest absolute Gasteiger partial charge is 0.267 e. The minimum absolute atomic E-state index is 0.219. The third kappa shape index (κ3) is 3.38. The number of nitrogens with zero attached hydrogens (tertiary/aromatic N) is 2. The Hall–Kier alpha value is -2.41. The Kier molecular flexibility index (Phi) is 4.54. The molecule has 0 saturated heterocycles. The van der Waals surface area contributed by atoms with E-state index in [0.717, 1.165) is 5.56 Å². The predicted octanol–water partition coefficient (Wildman–Crippen LogP) is 0.943. The number of ether oxygens (including phenoxy) is 2. The third-order valence-corrected chi connectivity index (χ3v) is 3.13. The van der Waals surface area contributed by atoms with E-state index in [0.29, 0.717) is 17.2 Å². The van der Waals surface area contributed by atoms with Crippen molar-refractivity contribution < 1.29 is 9.47 Å². The molecule has 110 valence electrons. The minimum Gasteiger partial charge on any atom is -0.496 e. The quantitative estimate of drug-likeness (QED) is 0.828. The molecule has 6 nitrogen and oxygen atoms in total. The first-order valence-electron chi connectivity index (χ1n) is 6.14. The van der Waals surface area contributed by atoms with Gasteiger partial charge in [-0.3, -0.25) is 4.79 Å². The van der Waals surface area contributed by atoms with E-state index in [9.17, 15) is 4.79 Å². The molecule has 1 aromatic carbocycles. The van der Waals surface area contributed by atoms with Crippen LogP contribution >= 0.6 is 12.2 Å². The van der Waals surface area contributed by atoms with Gasteiger partial charge < -0.3 is 15.2 Å². The standard InChI is InChI=1S/C14H15N3O3S/c1-19-11-4-3-9(7-10(11)14(15)21)8-17-13(18)6-5-12(16-17)20-2/h3-7H,8H2,1-2H3,(H2,15,21). The highest BCUT2D eigenvalue weighted by atomic mass is 32.1. The van der Waals surface area contributed by atoms with Crippen LogP contribution in [0.15, 0.2) is 35.1 Å². The Morgan fingerprint density at radius 1 is 1.29 bits per heavy atom. The van der Waals surface area contributed by atoms with E-state index in [1.807, 2.05) is 6.07 Å². The number of nitrogens with two attached hydrogens (primary N) is 1. The van der Waals surface area contributed by atoms with E-state index in [1.54, 1.807) is 19.2 Å². The number of aromatic nitrogens is 2. The maximum Gasteiger partial charge on any atom is 0.267 e. The molecular weight excluding hydrogens is 290 g/mol. The molecule has 0 radical (unpaired) electrons. The van der Waals surface area contributed by atoms with Crippen LogP contribution < -0.4 is 20.8 Å². The van der Waals surface area contributed by atoms with E-state index >= 15 is 0 Å². The molecule has 2 N–H and O–H groups in total. The largest absolute Gasteiger partial charge is 0.496 e. The van der Waals surface area contributed by atoms with E-state index in [1.165, 1.54) is 23.9 Å². The number of benzene rings is 1. The number of methoxy groups -OCH3 is 2. The molecule has 0 atom stereocenters. The zero-order chi connectivity index (χ0) is 15.4. The second kappa shape index (κ2) is 6.36. The average molecular weight is 305 g/mol. The zero-order valence-corrected chi connectivity index (χ0v) is 12.5. The topological polar surface area (TPSA) is 79.4 Å². The molecule has 0 amide bonds. The highest BCUT2D eigenvalue weighted by Gasteiger charge is 2.09. The molecule has 7 heteroatoms. The molecule has 0 unspecified atom stereocenters. The van der Waals surface area contributed by atoms with Crippen LogP contribution in [0.5, 0.6) is 11.6 Å². The lowest BCUT2D eigenvalue weighted by atomic mass is 10.1. The van der Waals surface area contributed by atoms with Crippen molar-refractivity contribution in [3.8, 4) is 11.6 Å². The third-order valence-electron chi connectivity index (χ3n) is 2.91. The fourth-order valence-corrected chi connectivity index (χ4v) is 2.03. The Morgan fingerprint density at radius 3 is 2.67 bits per heavy atom. The first kappa shape index (κ1) is 15.0. The Labute approximate surface area is 127 Å². The first-order valence-corrected chi connectivity index (χ1v) is 6.55. The number of hydrogen-bond donors (Lipinski definition) is 1. The van der Waals surface area contributed by atoms with Gasteiger partial charge in [0.15, 0.2) is 0 Å². The van der Waals surface area contributed by atoms with E-state index in [2.05, 4.69) is 5.10 Å². The molecule has 21 heavy (non-hydrogen) atoms. The van der Waals surface area contributed by atoms with Crippen molar-refractivity contribution in [2.45, 2.75) is 6.54 Å². The molecule has 1 heterocycles. The maximum atomic E-state index is 11.8.